The third kappa shape index (κ3) is 6.95. The van der Waals surface area contributed by atoms with Crippen molar-refractivity contribution in [3.63, 3.8) is 0 Å². The van der Waals surface area contributed by atoms with Crippen LogP contribution in [0.25, 0.3) is 6.08 Å². The number of nitrogens with zero attached hydrogens (tertiary/aromatic N) is 1. The minimum atomic E-state index is -0.587. The molecule has 1 unspecified atom stereocenters. The van der Waals surface area contributed by atoms with E-state index in [1.54, 1.807) is 79.7 Å². The molecule has 2 heterocycles. The van der Waals surface area contributed by atoms with Gasteiger partial charge in [0.1, 0.15) is 17.2 Å². The van der Waals surface area contributed by atoms with Gasteiger partial charge in [0.05, 0.1) is 10.9 Å². The highest BCUT2D eigenvalue weighted by Gasteiger charge is 2.40. The van der Waals surface area contributed by atoms with E-state index in [2.05, 4.69) is 33.2 Å². The second kappa shape index (κ2) is 12.6. The number of nitrogens with one attached hydrogen (secondary N) is 2. The summed E-state index contributed by atoms with van der Waals surface area (Å²) in [5.41, 5.74) is 1.40. The Kier molecular flexibility index (Phi) is 8.70. The van der Waals surface area contributed by atoms with Crippen molar-refractivity contribution < 1.29 is 23.6 Å². The molecule has 1 fully saturated rings. The Morgan fingerprint density at radius 2 is 1.73 bits per heavy atom. The number of rotatable bonds is 8. The molecule has 1 aliphatic heterocycles. The van der Waals surface area contributed by atoms with E-state index in [4.69, 9.17) is 4.42 Å². The molecule has 4 aromatic rings. The Hall–Kier alpha value is -4.16. The standard InChI is InChI=1S/C31H24IN3O5S/c1-19-10-15-24(40-19)17-26(34-29(37)20-6-3-2-4-7-20)30(38)33-22-8-5-9-25(16-22)41-27-18-28(36)35(31(27)39)23-13-11-21(32)12-14-23/h2-17,27H,18H2,1H3,(H,33,38)(H,34,37). The average Bonchev–Trinajstić information content (AvgIpc) is 3.50. The number of hydrogen-bond donors (Lipinski definition) is 2. The minimum Gasteiger partial charge on any atom is -0.462 e. The van der Waals surface area contributed by atoms with Gasteiger partial charge in [-0.15, -0.1) is 11.8 Å². The van der Waals surface area contributed by atoms with Crippen molar-refractivity contribution in [3.8, 4) is 0 Å². The third-order valence-corrected chi connectivity index (χ3v) is 8.03. The molecular weight excluding hydrogens is 653 g/mol. The number of halogens is 1. The molecule has 10 heteroatoms. The van der Waals surface area contributed by atoms with E-state index in [0.29, 0.717) is 33.4 Å². The Bertz CT molecular complexity index is 1650. The molecule has 1 atom stereocenters. The molecule has 0 aliphatic carbocycles. The Morgan fingerprint density at radius 1 is 0.976 bits per heavy atom. The smallest absolute Gasteiger partial charge is 0.272 e. The van der Waals surface area contributed by atoms with Crippen LogP contribution in [0.2, 0.25) is 0 Å². The number of carbonyl (C=O) groups excluding carboxylic acids is 4. The fourth-order valence-electron chi connectivity index (χ4n) is 4.18. The maximum atomic E-state index is 13.3. The molecular formula is C31H24IN3O5S. The van der Waals surface area contributed by atoms with Gasteiger partial charge in [0, 0.05) is 32.2 Å². The van der Waals surface area contributed by atoms with Gasteiger partial charge in [0.25, 0.3) is 11.8 Å². The van der Waals surface area contributed by atoms with E-state index in [9.17, 15) is 19.2 Å². The number of hydrogen-bond acceptors (Lipinski definition) is 6. The summed E-state index contributed by atoms with van der Waals surface area (Å²) in [7, 11) is 0. The highest BCUT2D eigenvalue weighted by atomic mass is 127. The van der Waals surface area contributed by atoms with E-state index in [-0.39, 0.29) is 23.9 Å². The Balaban J connectivity index is 1.31. The molecule has 3 aromatic carbocycles. The Labute approximate surface area is 254 Å². The number of thioether (sulfide) groups is 1. The van der Waals surface area contributed by atoms with Crippen molar-refractivity contribution in [2.24, 2.45) is 0 Å². The Morgan fingerprint density at radius 3 is 2.44 bits per heavy atom. The van der Waals surface area contributed by atoms with E-state index in [0.717, 1.165) is 3.57 Å². The van der Waals surface area contributed by atoms with Crippen molar-refractivity contribution in [2.45, 2.75) is 23.5 Å². The molecule has 1 aromatic heterocycles. The van der Waals surface area contributed by atoms with Crippen LogP contribution in [0.15, 0.2) is 106 Å². The molecule has 0 spiro atoms. The minimum absolute atomic E-state index is 0.00371. The monoisotopic (exact) mass is 677 g/mol. The zero-order chi connectivity index (χ0) is 28.9. The van der Waals surface area contributed by atoms with Crippen LogP contribution in [0.4, 0.5) is 11.4 Å². The van der Waals surface area contributed by atoms with Gasteiger partial charge in [0.15, 0.2) is 0 Å². The lowest BCUT2D eigenvalue weighted by atomic mass is 10.2. The van der Waals surface area contributed by atoms with Gasteiger partial charge in [-0.25, -0.2) is 4.90 Å². The van der Waals surface area contributed by atoms with Crippen molar-refractivity contribution >= 4 is 75.4 Å². The average molecular weight is 678 g/mol. The number of anilines is 2. The molecule has 1 aliphatic rings. The topological polar surface area (TPSA) is 109 Å². The molecule has 0 saturated carbocycles. The molecule has 0 radical (unpaired) electrons. The van der Waals surface area contributed by atoms with Crippen LogP contribution in [0.1, 0.15) is 28.3 Å². The summed E-state index contributed by atoms with van der Waals surface area (Å²) >= 11 is 3.43. The lowest BCUT2D eigenvalue weighted by Crippen LogP contribution is -2.31. The number of amides is 4. The first-order chi connectivity index (χ1) is 19.8. The zero-order valence-corrected chi connectivity index (χ0v) is 24.8. The SMILES string of the molecule is Cc1ccc(C=C(NC(=O)c2ccccc2)C(=O)Nc2cccc(SC3CC(=O)N(c4ccc(I)cc4)C3=O)c2)o1. The molecule has 4 amide bonds. The number of benzene rings is 3. The number of carbonyl (C=O) groups is 4. The van der Waals surface area contributed by atoms with E-state index in [1.165, 1.54) is 22.7 Å². The number of aryl methyl sites for hydroxylation is 1. The van der Waals surface area contributed by atoms with Crippen LogP contribution < -0.4 is 15.5 Å². The predicted octanol–water partition coefficient (Wildman–Crippen LogP) is 6.03. The zero-order valence-electron chi connectivity index (χ0n) is 21.8. The fourth-order valence-corrected chi connectivity index (χ4v) is 5.66. The molecule has 5 rings (SSSR count). The first-order valence-electron chi connectivity index (χ1n) is 12.6. The predicted molar refractivity (Wildman–Crippen MR) is 166 cm³/mol. The highest BCUT2D eigenvalue weighted by Crippen LogP contribution is 2.35. The van der Waals surface area contributed by atoms with Crippen LogP contribution in [0.5, 0.6) is 0 Å². The lowest BCUT2D eigenvalue weighted by Gasteiger charge is -2.15. The lowest BCUT2D eigenvalue weighted by molar-refractivity contribution is -0.121. The summed E-state index contributed by atoms with van der Waals surface area (Å²) in [5, 5.41) is 4.90. The molecule has 2 N–H and O–H groups in total. The van der Waals surface area contributed by atoms with Gasteiger partial charge in [-0.3, -0.25) is 19.2 Å². The third-order valence-electron chi connectivity index (χ3n) is 6.14. The summed E-state index contributed by atoms with van der Waals surface area (Å²) in [6, 6.07) is 26.2. The van der Waals surface area contributed by atoms with Gasteiger partial charge in [-0.1, -0.05) is 24.3 Å². The van der Waals surface area contributed by atoms with Crippen molar-refractivity contribution in [1.82, 2.24) is 5.32 Å². The van der Waals surface area contributed by atoms with Gasteiger partial charge < -0.3 is 15.1 Å². The van der Waals surface area contributed by atoms with Crippen LogP contribution >= 0.6 is 34.4 Å². The summed E-state index contributed by atoms with van der Waals surface area (Å²) in [4.78, 5) is 53.9. The van der Waals surface area contributed by atoms with Crippen LogP contribution in [0.3, 0.4) is 0 Å². The first-order valence-corrected chi connectivity index (χ1v) is 14.6. The summed E-state index contributed by atoms with van der Waals surface area (Å²) in [6.07, 6.45) is 1.54. The van der Waals surface area contributed by atoms with Gasteiger partial charge in [-0.2, -0.15) is 0 Å². The molecule has 0 bridgehead atoms. The van der Waals surface area contributed by atoms with Gasteiger partial charge in [0.2, 0.25) is 11.8 Å². The maximum absolute atomic E-state index is 13.3. The quantitative estimate of drug-likeness (QED) is 0.134. The van der Waals surface area contributed by atoms with Gasteiger partial charge >= 0.3 is 0 Å². The van der Waals surface area contributed by atoms with Crippen LogP contribution in [0, 0.1) is 10.5 Å². The van der Waals surface area contributed by atoms with Crippen LogP contribution in [-0.4, -0.2) is 28.9 Å². The van der Waals surface area contributed by atoms with Gasteiger partial charge in [-0.05, 0) is 96.2 Å². The number of furan rings is 1. The molecule has 8 nitrogen and oxygen atoms in total. The van der Waals surface area contributed by atoms with Crippen molar-refractivity contribution in [3.05, 3.63) is 117 Å². The molecule has 41 heavy (non-hydrogen) atoms. The van der Waals surface area contributed by atoms with E-state index < -0.39 is 17.1 Å². The van der Waals surface area contributed by atoms with Crippen molar-refractivity contribution in [2.75, 3.05) is 10.2 Å². The van der Waals surface area contributed by atoms with Crippen LogP contribution in [-0.2, 0) is 14.4 Å². The second-order valence-electron chi connectivity index (χ2n) is 9.16. The summed E-state index contributed by atoms with van der Waals surface area (Å²) in [6.45, 7) is 1.78. The second-order valence-corrected chi connectivity index (χ2v) is 11.7. The maximum Gasteiger partial charge on any atom is 0.272 e. The summed E-state index contributed by atoms with van der Waals surface area (Å²) in [5.74, 6) is -0.458. The normalized spacial score (nSPS) is 15.2. The van der Waals surface area contributed by atoms with E-state index in [1.807, 2.05) is 18.2 Å². The largest absolute Gasteiger partial charge is 0.462 e. The first kappa shape index (κ1) is 28.4. The fraction of sp³-hybridized carbons (Fsp3) is 0.0968. The molecule has 206 valence electrons. The highest BCUT2D eigenvalue weighted by molar-refractivity contribution is 14.1. The van der Waals surface area contributed by atoms with E-state index >= 15 is 0 Å². The summed E-state index contributed by atoms with van der Waals surface area (Å²) < 4.78 is 6.59. The number of imide groups is 1. The van der Waals surface area contributed by atoms with Crippen molar-refractivity contribution in [1.29, 1.82) is 0 Å². The molecule has 1 saturated heterocycles.